The Labute approximate surface area is 251 Å². The van der Waals surface area contributed by atoms with E-state index in [0.29, 0.717) is 0 Å². The van der Waals surface area contributed by atoms with Crippen molar-refractivity contribution < 1.29 is 0 Å². The second-order valence-electron chi connectivity index (χ2n) is 12.3. The van der Waals surface area contributed by atoms with Gasteiger partial charge in [0.1, 0.15) is 6.15 Å². The topological polar surface area (TPSA) is 0 Å². The lowest BCUT2D eigenvalue weighted by molar-refractivity contribution is 0.795. The SMILES string of the molecule is CCCCc1cccc([B-](c2cccc(CCCC)c2)(c2cccc(CCCC)c2)c2cccc(CCCC)c2)c1. The van der Waals surface area contributed by atoms with Crippen LogP contribution in [0.3, 0.4) is 0 Å². The molecule has 4 rings (SSSR count). The number of benzene rings is 4. The number of rotatable bonds is 16. The maximum absolute atomic E-state index is 2.55. The van der Waals surface area contributed by atoms with Crippen molar-refractivity contribution in [2.75, 3.05) is 0 Å². The Balaban J connectivity index is 2.05. The molecular formula is C40H52B-. The molecule has 0 saturated heterocycles. The highest BCUT2D eigenvalue weighted by Gasteiger charge is 2.32. The lowest BCUT2D eigenvalue weighted by atomic mass is 9.13. The lowest BCUT2D eigenvalue weighted by Gasteiger charge is -2.45. The van der Waals surface area contributed by atoms with Crippen molar-refractivity contribution in [2.24, 2.45) is 0 Å². The monoisotopic (exact) mass is 543 g/mol. The van der Waals surface area contributed by atoms with E-state index in [1.807, 2.05) is 0 Å². The van der Waals surface area contributed by atoms with E-state index in [1.165, 1.54) is 95.5 Å². The van der Waals surface area contributed by atoms with Crippen LogP contribution in [-0.2, 0) is 25.7 Å². The average Bonchev–Trinajstić information content (AvgIpc) is 3.02. The molecular weight excluding hydrogens is 491 g/mol. The van der Waals surface area contributed by atoms with Gasteiger partial charge in [0.15, 0.2) is 0 Å². The van der Waals surface area contributed by atoms with Crippen LogP contribution in [0.25, 0.3) is 0 Å². The fraction of sp³-hybridized carbons (Fsp3) is 0.400. The number of unbranched alkanes of at least 4 members (excludes halogenated alkanes) is 4. The van der Waals surface area contributed by atoms with Crippen molar-refractivity contribution in [2.45, 2.75) is 105 Å². The molecule has 0 saturated carbocycles. The van der Waals surface area contributed by atoms with Gasteiger partial charge in [-0.25, -0.2) is 0 Å². The van der Waals surface area contributed by atoms with Crippen LogP contribution >= 0.6 is 0 Å². The summed E-state index contributed by atoms with van der Waals surface area (Å²) in [6, 6.07) is 38.5. The van der Waals surface area contributed by atoms with Gasteiger partial charge in [-0.1, -0.05) is 173 Å². The molecule has 0 aromatic heterocycles. The van der Waals surface area contributed by atoms with Crippen molar-refractivity contribution in [3.63, 3.8) is 0 Å². The summed E-state index contributed by atoms with van der Waals surface area (Å²) in [4.78, 5) is 0. The Bertz CT molecular complexity index is 1140. The van der Waals surface area contributed by atoms with Crippen LogP contribution in [0.1, 0.15) is 101 Å². The molecule has 4 aromatic rings. The van der Waals surface area contributed by atoms with Crippen LogP contribution in [-0.4, -0.2) is 6.15 Å². The zero-order chi connectivity index (χ0) is 28.9. The first-order valence-corrected chi connectivity index (χ1v) is 16.7. The van der Waals surface area contributed by atoms with Gasteiger partial charge in [-0.2, -0.15) is 21.9 Å². The van der Waals surface area contributed by atoms with Crippen molar-refractivity contribution in [1.82, 2.24) is 0 Å². The van der Waals surface area contributed by atoms with E-state index in [2.05, 4.69) is 125 Å². The molecule has 41 heavy (non-hydrogen) atoms. The summed E-state index contributed by atoms with van der Waals surface area (Å²) in [5.41, 5.74) is 11.6. The highest BCUT2D eigenvalue weighted by atomic mass is 14.1. The molecule has 0 heterocycles. The Morgan fingerprint density at radius 3 is 0.829 bits per heavy atom. The summed E-state index contributed by atoms with van der Waals surface area (Å²) in [5, 5.41) is 0. The standard InChI is InChI=1S/C40H52B/c1-5-9-17-33-21-13-25-37(29-33)41(38-26-14-22-34(30-38)18-10-6-2,39-27-15-23-35(31-39)19-11-7-3)40-28-16-24-36(32-40)20-12-8-4/h13-16,21-32H,5-12,17-20H2,1-4H3/q-1. The molecule has 0 bridgehead atoms. The quantitative estimate of drug-likeness (QED) is 0.124. The molecule has 0 aliphatic heterocycles. The van der Waals surface area contributed by atoms with Crippen LogP contribution in [0, 0.1) is 0 Å². The third-order valence-electron chi connectivity index (χ3n) is 9.08. The molecule has 0 aliphatic carbocycles. The maximum atomic E-state index is 2.55. The first-order chi connectivity index (χ1) is 20.1. The van der Waals surface area contributed by atoms with Gasteiger partial charge < -0.3 is 0 Å². The summed E-state index contributed by atoms with van der Waals surface area (Å²) >= 11 is 0. The van der Waals surface area contributed by atoms with Crippen LogP contribution in [0.2, 0.25) is 0 Å². The second-order valence-corrected chi connectivity index (χ2v) is 12.3. The minimum absolute atomic E-state index is 1.14. The van der Waals surface area contributed by atoms with Gasteiger partial charge in [0, 0.05) is 0 Å². The van der Waals surface area contributed by atoms with Crippen molar-refractivity contribution in [3.8, 4) is 0 Å². The first kappa shape index (κ1) is 30.9. The summed E-state index contributed by atoms with van der Waals surface area (Å²) in [6.45, 7) is 9.18. The van der Waals surface area contributed by atoms with Crippen LogP contribution in [0.5, 0.6) is 0 Å². The van der Waals surface area contributed by atoms with E-state index >= 15 is 0 Å². The van der Waals surface area contributed by atoms with Gasteiger partial charge in [-0.15, -0.1) is 0 Å². The lowest BCUT2D eigenvalue weighted by Crippen LogP contribution is -2.75. The van der Waals surface area contributed by atoms with E-state index < -0.39 is 6.15 Å². The third-order valence-corrected chi connectivity index (χ3v) is 9.08. The fourth-order valence-corrected chi connectivity index (χ4v) is 6.75. The normalized spacial score (nSPS) is 11.6. The van der Waals surface area contributed by atoms with Crippen molar-refractivity contribution in [1.29, 1.82) is 0 Å². The van der Waals surface area contributed by atoms with E-state index in [0.717, 1.165) is 25.7 Å². The minimum atomic E-state index is -1.37. The highest BCUT2D eigenvalue weighted by Crippen LogP contribution is 2.17. The average molecular weight is 544 g/mol. The predicted molar refractivity (Wildman–Crippen MR) is 185 cm³/mol. The van der Waals surface area contributed by atoms with Crippen LogP contribution in [0.4, 0.5) is 0 Å². The van der Waals surface area contributed by atoms with Gasteiger partial charge in [0.2, 0.25) is 0 Å². The third kappa shape index (κ3) is 7.62. The van der Waals surface area contributed by atoms with Crippen LogP contribution in [0.15, 0.2) is 97.1 Å². The second kappa shape index (κ2) is 15.8. The number of hydrogen-bond donors (Lipinski definition) is 0. The molecule has 0 nitrogen and oxygen atoms in total. The smallest absolute Gasteiger partial charge is 0.108 e. The Morgan fingerprint density at radius 1 is 0.366 bits per heavy atom. The molecule has 0 aliphatic rings. The molecule has 0 radical (unpaired) electrons. The molecule has 0 N–H and O–H groups in total. The minimum Gasteiger partial charge on any atom is -0.195 e. The van der Waals surface area contributed by atoms with Gasteiger partial charge in [0.05, 0.1) is 0 Å². The molecule has 216 valence electrons. The summed E-state index contributed by atoms with van der Waals surface area (Å²) in [5.74, 6) is 0. The van der Waals surface area contributed by atoms with Gasteiger partial charge in [0.25, 0.3) is 0 Å². The maximum Gasteiger partial charge on any atom is 0.108 e. The van der Waals surface area contributed by atoms with Gasteiger partial charge in [-0.05, 0) is 51.4 Å². The van der Waals surface area contributed by atoms with E-state index in [9.17, 15) is 0 Å². The van der Waals surface area contributed by atoms with E-state index in [1.54, 1.807) is 0 Å². The molecule has 0 spiro atoms. The number of aryl methyl sites for hydroxylation is 4. The summed E-state index contributed by atoms with van der Waals surface area (Å²) in [7, 11) is 0. The van der Waals surface area contributed by atoms with Crippen molar-refractivity contribution in [3.05, 3.63) is 119 Å². The Morgan fingerprint density at radius 2 is 0.610 bits per heavy atom. The fourth-order valence-electron chi connectivity index (χ4n) is 6.75. The molecule has 4 aromatic carbocycles. The van der Waals surface area contributed by atoms with E-state index in [-0.39, 0.29) is 0 Å². The molecule has 1 heteroatoms. The largest absolute Gasteiger partial charge is 0.195 e. The molecule has 0 fully saturated rings. The molecule has 0 amide bonds. The van der Waals surface area contributed by atoms with E-state index in [4.69, 9.17) is 0 Å². The first-order valence-electron chi connectivity index (χ1n) is 16.7. The van der Waals surface area contributed by atoms with Crippen molar-refractivity contribution >= 4 is 28.0 Å². The summed E-state index contributed by atoms with van der Waals surface area (Å²) in [6.07, 6.45) is 13.0. The Kier molecular flexibility index (Phi) is 11.9. The molecule has 0 unspecified atom stereocenters. The van der Waals surface area contributed by atoms with Gasteiger partial charge >= 0.3 is 0 Å². The van der Waals surface area contributed by atoms with Crippen LogP contribution < -0.4 is 21.9 Å². The highest BCUT2D eigenvalue weighted by molar-refractivity contribution is 7.19. The zero-order valence-electron chi connectivity index (χ0n) is 26.3. The van der Waals surface area contributed by atoms with Gasteiger partial charge in [-0.3, -0.25) is 0 Å². The predicted octanol–water partition coefficient (Wildman–Crippen LogP) is 8.43. The Hall–Kier alpha value is -3.06. The summed E-state index contributed by atoms with van der Waals surface area (Å²) < 4.78 is 0. The molecule has 0 atom stereocenters. The zero-order valence-corrected chi connectivity index (χ0v) is 26.3. The number of hydrogen-bond acceptors (Lipinski definition) is 0.